The number of likely N-dealkylation sites (N-methyl/N-ethyl adjacent to an activating group) is 1. The summed E-state index contributed by atoms with van der Waals surface area (Å²) >= 11 is 0. The van der Waals surface area contributed by atoms with Crippen LogP contribution in [-0.2, 0) is 4.79 Å². The summed E-state index contributed by atoms with van der Waals surface area (Å²) in [5.41, 5.74) is 1.16. The van der Waals surface area contributed by atoms with E-state index in [9.17, 15) is 9.90 Å². The number of aliphatic hydroxyl groups is 1. The molecule has 0 bridgehead atoms. The minimum Gasteiger partial charge on any atom is -0.389 e. The van der Waals surface area contributed by atoms with Crippen molar-refractivity contribution in [1.29, 1.82) is 0 Å². The van der Waals surface area contributed by atoms with E-state index in [4.69, 9.17) is 0 Å². The normalized spacial score (nSPS) is 11.7. The van der Waals surface area contributed by atoms with Gasteiger partial charge in [-0.3, -0.25) is 9.69 Å². The molecule has 0 aliphatic carbocycles. The van der Waals surface area contributed by atoms with Crippen molar-refractivity contribution in [2.75, 3.05) is 25.5 Å². The first-order chi connectivity index (χ1) is 8.26. The zero-order chi connectivity index (χ0) is 13.8. The molecule has 0 fully saturated rings. The summed E-state index contributed by atoms with van der Waals surface area (Å²) in [5.74, 6) is -0.0781. The van der Waals surface area contributed by atoms with Crippen molar-refractivity contribution < 1.29 is 9.90 Å². The van der Waals surface area contributed by atoms with Gasteiger partial charge in [-0.05, 0) is 40.0 Å². The highest BCUT2D eigenvalue weighted by Gasteiger charge is 2.17. The lowest BCUT2D eigenvalue weighted by atomic mass is 10.1. The van der Waals surface area contributed by atoms with Crippen LogP contribution in [0.2, 0.25) is 0 Å². The van der Waals surface area contributed by atoms with Crippen LogP contribution in [0, 0.1) is 6.92 Å². The average molecular weight is 250 g/mol. The van der Waals surface area contributed by atoms with Crippen LogP contribution in [-0.4, -0.2) is 41.7 Å². The van der Waals surface area contributed by atoms with Gasteiger partial charge in [0.25, 0.3) is 0 Å². The molecule has 18 heavy (non-hydrogen) atoms. The van der Waals surface area contributed by atoms with Gasteiger partial charge in [-0.2, -0.15) is 0 Å². The van der Waals surface area contributed by atoms with Gasteiger partial charge in [-0.15, -0.1) is 0 Å². The van der Waals surface area contributed by atoms with E-state index in [-0.39, 0.29) is 12.5 Å². The van der Waals surface area contributed by atoms with E-state index in [1.54, 1.807) is 18.7 Å². The molecule has 100 valence electrons. The first-order valence-corrected chi connectivity index (χ1v) is 6.04. The van der Waals surface area contributed by atoms with Gasteiger partial charge in [0, 0.05) is 12.2 Å². The molecule has 1 rings (SSSR count). The molecule has 0 aliphatic heterocycles. The van der Waals surface area contributed by atoms with Crippen LogP contribution in [0.15, 0.2) is 24.3 Å². The summed E-state index contributed by atoms with van der Waals surface area (Å²) < 4.78 is 0. The van der Waals surface area contributed by atoms with Crippen LogP contribution in [0.1, 0.15) is 19.4 Å². The molecular weight excluding hydrogens is 228 g/mol. The van der Waals surface area contributed by atoms with Crippen molar-refractivity contribution in [3.05, 3.63) is 29.8 Å². The molecular formula is C14H22N2O2. The third-order valence-electron chi connectivity index (χ3n) is 2.41. The second-order valence-corrected chi connectivity index (χ2v) is 5.40. The molecule has 1 amide bonds. The van der Waals surface area contributed by atoms with Crippen LogP contribution >= 0.6 is 0 Å². The zero-order valence-electron chi connectivity index (χ0n) is 11.5. The highest BCUT2D eigenvalue weighted by atomic mass is 16.3. The number of nitrogens with one attached hydrogen (secondary N) is 1. The molecule has 0 unspecified atom stereocenters. The van der Waals surface area contributed by atoms with E-state index in [0.717, 1.165) is 11.3 Å². The van der Waals surface area contributed by atoms with Gasteiger partial charge in [-0.25, -0.2) is 0 Å². The predicted molar refractivity (Wildman–Crippen MR) is 73.6 cm³/mol. The lowest BCUT2D eigenvalue weighted by molar-refractivity contribution is -0.117. The molecule has 0 saturated carbocycles. The van der Waals surface area contributed by atoms with Gasteiger partial charge in [0.05, 0.1) is 12.1 Å². The molecule has 1 aromatic carbocycles. The van der Waals surface area contributed by atoms with Crippen molar-refractivity contribution >= 4 is 11.6 Å². The number of amides is 1. The maximum atomic E-state index is 11.8. The van der Waals surface area contributed by atoms with Crippen molar-refractivity contribution in [3.8, 4) is 0 Å². The van der Waals surface area contributed by atoms with Crippen LogP contribution in [0.3, 0.4) is 0 Å². The van der Waals surface area contributed by atoms with E-state index in [2.05, 4.69) is 5.32 Å². The largest absolute Gasteiger partial charge is 0.389 e. The van der Waals surface area contributed by atoms with E-state index < -0.39 is 5.60 Å². The first kappa shape index (κ1) is 14.7. The van der Waals surface area contributed by atoms with Gasteiger partial charge in [0.15, 0.2) is 0 Å². The molecule has 0 aliphatic rings. The van der Waals surface area contributed by atoms with E-state index >= 15 is 0 Å². The minimum absolute atomic E-state index is 0.0781. The Morgan fingerprint density at radius 1 is 1.33 bits per heavy atom. The Balaban J connectivity index is 2.44. The second-order valence-electron chi connectivity index (χ2n) is 5.40. The molecule has 0 saturated heterocycles. The Kier molecular flexibility index (Phi) is 4.87. The lowest BCUT2D eigenvalue weighted by Crippen LogP contribution is -2.40. The highest BCUT2D eigenvalue weighted by Crippen LogP contribution is 2.09. The average Bonchev–Trinajstić information content (AvgIpc) is 2.18. The molecule has 1 aromatic rings. The van der Waals surface area contributed by atoms with Crippen molar-refractivity contribution in [2.24, 2.45) is 0 Å². The van der Waals surface area contributed by atoms with Gasteiger partial charge in [0.1, 0.15) is 0 Å². The monoisotopic (exact) mass is 250 g/mol. The van der Waals surface area contributed by atoms with Crippen molar-refractivity contribution in [3.63, 3.8) is 0 Å². The van der Waals surface area contributed by atoms with Gasteiger partial charge in [-0.1, -0.05) is 17.7 Å². The Morgan fingerprint density at radius 2 is 1.89 bits per heavy atom. The molecule has 4 nitrogen and oxygen atoms in total. The maximum Gasteiger partial charge on any atom is 0.238 e. The topological polar surface area (TPSA) is 52.6 Å². The summed E-state index contributed by atoms with van der Waals surface area (Å²) in [7, 11) is 1.81. The molecule has 0 spiro atoms. The maximum absolute atomic E-state index is 11.8. The molecule has 0 atom stereocenters. The lowest BCUT2D eigenvalue weighted by Gasteiger charge is -2.24. The number of hydrogen-bond donors (Lipinski definition) is 2. The fourth-order valence-electron chi connectivity index (χ4n) is 1.80. The number of hydrogen-bond acceptors (Lipinski definition) is 3. The van der Waals surface area contributed by atoms with Crippen LogP contribution in [0.4, 0.5) is 5.69 Å². The number of benzene rings is 1. The van der Waals surface area contributed by atoms with E-state index in [1.165, 1.54) is 0 Å². The van der Waals surface area contributed by atoms with E-state index in [0.29, 0.717) is 6.54 Å². The molecule has 0 radical (unpaired) electrons. The van der Waals surface area contributed by atoms with Gasteiger partial charge < -0.3 is 10.4 Å². The summed E-state index contributed by atoms with van der Waals surface area (Å²) in [4.78, 5) is 13.6. The molecule has 0 aromatic heterocycles. The Labute approximate surface area is 109 Å². The number of anilines is 1. The molecule has 0 heterocycles. The molecule has 4 heteroatoms. The fraction of sp³-hybridized carbons (Fsp3) is 0.500. The minimum atomic E-state index is -0.793. The number of rotatable bonds is 5. The second kappa shape index (κ2) is 5.98. The Morgan fingerprint density at radius 3 is 2.39 bits per heavy atom. The number of carbonyl (C=O) groups excluding carboxylic acids is 1. The quantitative estimate of drug-likeness (QED) is 0.835. The number of carbonyl (C=O) groups is 1. The Hall–Kier alpha value is -1.39. The smallest absolute Gasteiger partial charge is 0.238 e. The number of nitrogens with zero attached hydrogens (tertiary/aromatic N) is 1. The SMILES string of the molecule is Cc1ccc(NC(=O)CN(C)CC(C)(C)O)cc1. The van der Waals surface area contributed by atoms with Crippen molar-refractivity contribution in [1.82, 2.24) is 4.90 Å². The van der Waals surface area contributed by atoms with Gasteiger partial charge in [0.2, 0.25) is 5.91 Å². The fourth-order valence-corrected chi connectivity index (χ4v) is 1.80. The van der Waals surface area contributed by atoms with Crippen LogP contribution in [0.5, 0.6) is 0 Å². The highest BCUT2D eigenvalue weighted by molar-refractivity contribution is 5.92. The summed E-state index contributed by atoms with van der Waals surface area (Å²) in [6.07, 6.45) is 0. The zero-order valence-corrected chi connectivity index (χ0v) is 11.5. The first-order valence-electron chi connectivity index (χ1n) is 6.04. The van der Waals surface area contributed by atoms with Gasteiger partial charge >= 0.3 is 0 Å². The van der Waals surface area contributed by atoms with Crippen LogP contribution in [0.25, 0.3) is 0 Å². The third kappa shape index (κ3) is 5.80. The molecule has 2 N–H and O–H groups in total. The number of aryl methyl sites for hydroxylation is 1. The summed E-state index contributed by atoms with van der Waals surface area (Å²) in [6, 6.07) is 7.67. The summed E-state index contributed by atoms with van der Waals surface area (Å²) in [5, 5.41) is 12.5. The van der Waals surface area contributed by atoms with Crippen molar-refractivity contribution in [2.45, 2.75) is 26.4 Å². The summed E-state index contributed by atoms with van der Waals surface area (Å²) in [6.45, 7) is 6.16. The third-order valence-corrected chi connectivity index (χ3v) is 2.41. The van der Waals surface area contributed by atoms with Crippen LogP contribution < -0.4 is 5.32 Å². The predicted octanol–water partition coefficient (Wildman–Crippen LogP) is 1.64. The van der Waals surface area contributed by atoms with E-state index in [1.807, 2.05) is 38.2 Å². The standard InChI is InChI=1S/C14H22N2O2/c1-11-5-7-12(8-6-11)15-13(17)9-16(4)10-14(2,3)18/h5-8,18H,9-10H2,1-4H3,(H,15,17). The Bertz CT molecular complexity index is 393.